The molecule has 0 aliphatic heterocycles. The Morgan fingerprint density at radius 1 is 1.28 bits per heavy atom. The summed E-state index contributed by atoms with van der Waals surface area (Å²) in [5.41, 5.74) is 0.141. The summed E-state index contributed by atoms with van der Waals surface area (Å²) in [4.78, 5) is 0. The molecule has 2 rings (SSSR count). The SMILES string of the molecule is O=S(=O)(Nc1ccc(F)cc1Cl)c1ccc(Br)s1. The van der Waals surface area contributed by atoms with Crippen molar-refractivity contribution in [2.75, 3.05) is 4.72 Å². The zero-order chi connectivity index (χ0) is 13.3. The number of hydrogen-bond donors (Lipinski definition) is 1. The van der Waals surface area contributed by atoms with Gasteiger partial charge in [0, 0.05) is 0 Å². The first-order valence-electron chi connectivity index (χ1n) is 4.62. The Labute approximate surface area is 121 Å². The molecule has 0 atom stereocenters. The smallest absolute Gasteiger partial charge is 0.271 e. The standard InChI is InChI=1S/C10H6BrClFNO2S2/c11-9-3-4-10(17-9)18(15,16)14-8-2-1-6(13)5-7(8)12/h1-5,14H. The Kier molecular flexibility index (Phi) is 3.96. The van der Waals surface area contributed by atoms with Gasteiger partial charge in [0.15, 0.2) is 0 Å². The Hall–Kier alpha value is -0.630. The van der Waals surface area contributed by atoms with Gasteiger partial charge in [-0.1, -0.05) is 11.6 Å². The van der Waals surface area contributed by atoms with Crippen molar-refractivity contribution in [1.82, 2.24) is 0 Å². The van der Waals surface area contributed by atoms with Gasteiger partial charge in [0.2, 0.25) is 0 Å². The maximum atomic E-state index is 12.8. The third-order valence-corrected chi connectivity index (χ3v) is 5.78. The van der Waals surface area contributed by atoms with Crippen molar-refractivity contribution in [3.8, 4) is 0 Å². The normalized spacial score (nSPS) is 11.5. The summed E-state index contributed by atoms with van der Waals surface area (Å²) in [6.45, 7) is 0. The van der Waals surface area contributed by atoms with E-state index in [1.54, 1.807) is 6.07 Å². The molecule has 0 amide bonds. The summed E-state index contributed by atoms with van der Waals surface area (Å²) in [6.07, 6.45) is 0. The monoisotopic (exact) mass is 369 g/mol. The van der Waals surface area contributed by atoms with Crippen molar-refractivity contribution in [2.24, 2.45) is 0 Å². The topological polar surface area (TPSA) is 46.2 Å². The summed E-state index contributed by atoms with van der Waals surface area (Å²) in [7, 11) is -3.70. The second-order valence-electron chi connectivity index (χ2n) is 3.29. The van der Waals surface area contributed by atoms with E-state index < -0.39 is 15.8 Å². The Bertz CT molecular complexity index is 687. The minimum atomic E-state index is -3.70. The van der Waals surface area contributed by atoms with E-state index in [-0.39, 0.29) is 14.9 Å². The van der Waals surface area contributed by atoms with Crippen LogP contribution in [0.25, 0.3) is 0 Å². The number of rotatable bonds is 3. The van der Waals surface area contributed by atoms with Crippen LogP contribution in [0.5, 0.6) is 0 Å². The van der Waals surface area contributed by atoms with Gasteiger partial charge in [0.05, 0.1) is 14.5 Å². The van der Waals surface area contributed by atoms with E-state index in [2.05, 4.69) is 20.7 Å². The summed E-state index contributed by atoms with van der Waals surface area (Å²) < 4.78 is 40.0. The van der Waals surface area contributed by atoms with Gasteiger partial charge in [-0.05, 0) is 46.3 Å². The molecule has 3 nitrogen and oxygen atoms in total. The Morgan fingerprint density at radius 3 is 2.56 bits per heavy atom. The highest BCUT2D eigenvalue weighted by Crippen LogP contribution is 2.30. The molecule has 0 unspecified atom stereocenters. The fourth-order valence-corrected chi connectivity index (χ4v) is 4.57. The van der Waals surface area contributed by atoms with Crippen molar-refractivity contribution in [3.63, 3.8) is 0 Å². The second-order valence-corrected chi connectivity index (χ2v) is 8.07. The van der Waals surface area contributed by atoms with Crippen LogP contribution < -0.4 is 4.72 Å². The van der Waals surface area contributed by atoms with E-state index in [0.717, 1.165) is 23.5 Å². The fourth-order valence-electron chi connectivity index (χ4n) is 1.21. The summed E-state index contributed by atoms with van der Waals surface area (Å²) in [5, 5.41) is 0.00852. The van der Waals surface area contributed by atoms with Crippen LogP contribution in [0, 0.1) is 5.82 Å². The zero-order valence-electron chi connectivity index (χ0n) is 8.65. The maximum absolute atomic E-state index is 12.8. The average molecular weight is 371 g/mol. The molecule has 0 aliphatic rings. The lowest BCUT2D eigenvalue weighted by atomic mass is 10.3. The molecule has 8 heteroatoms. The number of anilines is 1. The quantitative estimate of drug-likeness (QED) is 0.884. The number of halogens is 3. The lowest BCUT2D eigenvalue weighted by Crippen LogP contribution is -2.11. The van der Waals surface area contributed by atoms with Gasteiger partial charge in [-0.3, -0.25) is 4.72 Å². The fraction of sp³-hybridized carbons (Fsp3) is 0. The van der Waals surface area contributed by atoms with E-state index >= 15 is 0 Å². The van der Waals surface area contributed by atoms with E-state index in [1.165, 1.54) is 12.1 Å². The minimum Gasteiger partial charge on any atom is -0.277 e. The average Bonchev–Trinajstić information content (AvgIpc) is 2.70. The first-order valence-corrected chi connectivity index (χ1v) is 8.09. The lowest BCUT2D eigenvalue weighted by Gasteiger charge is -2.07. The summed E-state index contributed by atoms with van der Waals surface area (Å²) >= 11 is 10.0. The molecule has 0 saturated carbocycles. The number of sulfonamides is 1. The van der Waals surface area contributed by atoms with Crippen LogP contribution in [0.15, 0.2) is 38.3 Å². The van der Waals surface area contributed by atoms with Gasteiger partial charge in [-0.25, -0.2) is 12.8 Å². The van der Waals surface area contributed by atoms with Crippen LogP contribution in [-0.4, -0.2) is 8.42 Å². The number of nitrogens with one attached hydrogen (secondary N) is 1. The number of thiophene rings is 1. The van der Waals surface area contributed by atoms with E-state index in [4.69, 9.17) is 11.6 Å². The summed E-state index contributed by atoms with van der Waals surface area (Å²) in [6, 6.07) is 6.55. The first kappa shape index (κ1) is 13.8. The number of hydrogen-bond acceptors (Lipinski definition) is 3. The minimum absolute atomic E-state index is 0.00852. The molecule has 0 spiro atoms. The highest BCUT2D eigenvalue weighted by molar-refractivity contribution is 9.11. The van der Waals surface area contributed by atoms with Crippen LogP contribution in [0.3, 0.4) is 0 Å². The van der Waals surface area contributed by atoms with Crippen LogP contribution >= 0.6 is 38.9 Å². The van der Waals surface area contributed by atoms with Crippen molar-refractivity contribution in [2.45, 2.75) is 4.21 Å². The van der Waals surface area contributed by atoms with Gasteiger partial charge in [-0.2, -0.15) is 0 Å². The molecule has 1 aromatic carbocycles. The second kappa shape index (κ2) is 5.16. The third kappa shape index (κ3) is 3.03. The third-order valence-electron chi connectivity index (χ3n) is 1.99. The van der Waals surface area contributed by atoms with Crippen molar-refractivity contribution in [1.29, 1.82) is 0 Å². The van der Waals surface area contributed by atoms with Crippen molar-refractivity contribution < 1.29 is 12.8 Å². The van der Waals surface area contributed by atoms with Crippen molar-refractivity contribution >= 4 is 54.6 Å². The molecule has 0 aliphatic carbocycles. The van der Waals surface area contributed by atoms with Gasteiger partial charge in [0.1, 0.15) is 10.0 Å². The van der Waals surface area contributed by atoms with Crippen LogP contribution in [0.4, 0.5) is 10.1 Å². The molecule has 2 aromatic rings. The molecule has 0 fully saturated rings. The largest absolute Gasteiger partial charge is 0.277 e. The Morgan fingerprint density at radius 2 is 2.00 bits per heavy atom. The molecule has 18 heavy (non-hydrogen) atoms. The highest BCUT2D eigenvalue weighted by atomic mass is 79.9. The van der Waals surface area contributed by atoms with Gasteiger partial charge < -0.3 is 0 Å². The molecule has 1 heterocycles. The number of benzene rings is 1. The van der Waals surface area contributed by atoms with Crippen molar-refractivity contribution in [3.05, 3.63) is 45.0 Å². The van der Waals surface area contributed by atoms with Gasteiger partial charge in [0.25, 0.3) is 10.0 Å². The molecule has 1 aromatic heterocycles. The Balaban J connectivity index is 2.33. The first-order chi connectivity index (χ1) is 8.38. The van der Waals surface area contributed by atoms with Crippen LogP contribution in [0.2, 0.25) is 5.02 Å². The molecular formula is C10H6BrClFNO2S2. The van der Waals surface area contributed by atoms with Crippen LogP contribution in [-0.2, 0) is 10.0 Å². The lowest BCUT2D eigenvalue weighted by molar-refractivity contribution is 0.603. The zero-order valence-corrected chi connectivity index (χ0v) is 12.6. The molecule has 0 radical (unpaired) electrons. The molecule has 96 valence electrons. The predicted octanol–water partition coefficient (Wildman–Crippen LogP) is 4.10. The maximum Gasteiger partial charge on any atom is 0.271 e. The molecule has 1 N–H and O–H groups in total. The molecule has 0 saturated heterocycles. The summed E-state index contributed by atoms with van der Waals surface area (Å²) in [5.74, 6) is -0.526. The predicted molar refractivity (Wildman–Crippen MR) is 74.2 cm³/mol. The van der Waals surface area contributed by atoms with E-state index in [1.807, 2.05) is 0 Å². The molecular weight excluding hydrogens is 365 g/mol. The molecule has 0 bridgehead atoms. The van der Waals surface area contributed by atoms with Crippen LogP contribution in [0.1, 0.15) is 0 Å². The van der Waals surface area contributed by atoms with Gasteiger partial charge in [-0.15, -0.1) is 11.3 Å². The highest BCUT2D eigenvalue weighted by Gasteiger charge is 2.18. The van der Waals surface area contributed by atoms with E-state index in [9.17, 15) is 12.8 Å². The van der Waals surface area contributed by atoms with E-state index in [0.29, 0.717) is 3.79 Å². The van der Waals surface area contributed by atoms with Gasteiger partial charge >= 0.3 is 0 Å².